The molecule has 2 aromatic heterocycles. The minimum absolute atomic E-state index is 0.000802. The second-order valence-electron chi connectivity index (χ2n) is 3.49. The second kappa shape index (κ2) is 5.83. The first-order valence-corrected chi connectivity index (χ1v) is 6.79. The molecule has 0 spiro atoms. The van der Waals surface area contributed by atoms with Crippen LogP contribution in [-0.2, 0) is 6.42 Å². The Labute approximate surface area is 117 Å². The Morgan fingerprint density at radius 3 is 2.74 bits per heavy atom. The first-order valence-electron chi connectivity index (χ1n) is 5.19. The SMILES string of the molecule is CSc1nc(ON)c2c(CCO)nc(Cl)c(F)c2n1. The monoisotopic (exact) mass is 304 g/mol. The smallest absolute Gasteiger partial charge is 0.251 e. The van der Waals surface area contributed by atoms with Crippen LogP contribution in [0.25, 0.3) is 10.9 Å². The van der Waals surface area contributed by atoms with Gasteiger partial charge in [0.15, 0.2) is 16.1 Å². The van der Waals surface area contributed by atoms with Gasteiger partial charge in [0.1, 0.15) is 5.52 Å². The predicted molar refractivity (Wildman–Crippen MR) is 69.7 cm³/mol. The number of aliphatic hydroxyl groups is 1. The lowest BCUT2D eigenvalue weighted by molar-refractivity contribution is 0.297. The molecule has 6 nitrogen and oxygen atoms in total. The summed E-state index contributed by atoms with van der Waals surface area (Å²) in [5.41, 5.74) is 0.306. The van der Waals surface area contributed by atoms with E-state index in [2.05, 4.69) is 19.8 Å². The van der Waals surface area contributed by atoms with E-state index in [-0.39, 0.29) is 35.0 Å². The van der Waals surface area contributed by atoms with E-state index in [1.165, 1.54) is 11.8 Å². The summed E-state index contributed by atoms with van der Waals surface area (Å²) < 4.78 is 14.0. The van der Waals surface area contributed by atoms with Crippen LogP contribution in [0.3, 0.4) is 0 Å². The molecular formula is C10H10ClFN4O2S. The lowest BCUT2D eigenvalue weighted by atomic mass is 10.2. The van der Waals surface area contributed by atoms with Gasteiger partial charge in [0.25, 0.3) is 5.88 Å². The van der Waals surface area contributed by atoms with Crippen LogP contribution in [0.2, 0.25) is 5.15 Å². The largest absolute Gasteiger partial charge is 0.396 e. The minimum Gasteiger partial charge on any atom is -0.396 e. The molecule has 0 radical (unpaired) electrons. The van der Waals surface area contributed by atoms with Gasteiger partial charge in [0.2, 0.25) is 0 Å². The zero-order valence-corrected chi connectivity index (χ0v) is 11.4. The van der Waals surface area contributed by atoms with E-state index in [0.29, 0.717) is 10.9 Å². The van der Waals surface area contributed by atoms with E-state index >= 15 is 0 Å². The highest BCUT2D eigenvalue weighted by molar-refractivity contribution is 7.98. The number of thioether (sulfide) groups is 1. The van der Waals surface area contributed by atoms with E-state index in [1.54, 1.807) is 6.26 Å². The summed E-state index contributed by atoms with van der Waals surface area (Å²) in [5.74, 6) is 4.38. The minimum atomic E-state index is -0.769. The van der Waals surface area contributed by atoms with Crippen molar-refractivity contribution < 1.29 is 14.3 Å². The molecule has 2 heterocycles. The van der Waals surface area contributed by atoms with Gasteiger partial charge in [-0.15, -0.1) is 0 Å². The van der Waals surface area contributed by atoms with Crippen molar-refractivity contribution in [3.05, 3.63) is 16.7 Å². The number of hydrogen-bond donors (Lipinski definition) is 2. The van der Waals surface area contributed by atoms with Crippen LogP contribution in [0.15, 0.2) is 5.16 Å². The third kappa shape index (κ3) is 2.57. The van der Waals surface area contributed by atoms with Crippen molar-refractivity contribution in [1.82, 2.24) is 15.0 Å². The van der Waals surface area contributed by atoms with Crippen molar-refractivity contribution in [3.63, 3.8) is 0 Å². The fourth-order valence-electron chi connectivity index (χ4n) is 1.62. The highest BCUT2D eigenvalue weighted by Crippen LogP contribution is 2.31. The van der Waals surface area contributed by atoms with Gasteiger partial charge in [-0.2, -0.15) is 10.9 Å². The van der Waals surface area contributed by atoms with Crippen LogP contribution in [0, 0.1) is 5.82 Å². The van der Waals surface area contributed by atoms with Crippen LogP contribution < -0.4 is 10.7 Å². The summed E-state index contributed by atoms with van der Waals surface area (Å²) >= 11 is 6.92. The highest BCUT2D eigenvalue weighted by atomic mass is 35.5. The van der Waals surface area contributed by atoms with Crippen molar-refractivity contribution in [3.8, 4) is 5.88 Å². The van der Waals surface area contributed by atoms with Crippen molar-refractivity contribution >= 4 is 34.3 Å². The average Bonchev–Trinajstić information content (AvgIpc) is 2.43. The van der Waals surface area contributed by atoms with E-state index in [4.69, 9.17) is 22.6 Å². The maximum absolute atomic E-state index is 14.0. The normalized spacial score (nSPS) is 11.0. The Hall–Kier alpha value is -1.22. The number of halogens is 2. The Morgan fingerprint density at radius 1 is 1.42 bits per heavy atom. The second-order valence-corrected chi connectivity index (χ2v) is 4.63. The van der Waals surface area contributed by atoms with Crippen LogP contribution in [0.4, 0.5) is 4.39 Å². The van der Waals surface area contributed by atoms with Crippen LogP contribution in [-0.4, -0.2) is 32.9 Å². The first-order chi connectivity index (χ1) is 9.12. The number of aliphatic hydroxyl groups excluding tert-OH is 1. The molecule has 0 aliphatic rings. The number of nitrogens with zero attached hydrogens (tertiary/aromatic N) is 3. The van der Waals surface area contributed by atoms with Crippen molar-refractivity contribution in [1.29, 1.82) is 0 Å². The van der Waals surface area contributed by atoms with Crippen LogP contribution in [0.1, 0.15) is 5.69 Å². The standard InChI is InChI=1S/C10H10ClFN4O2S/c1-19-10-15-7-5(9(16-10)18-13)4(2-3-17)14-8(11)6(7)12/h17H,2-3,13H2,1H3. The average molecular weight is 305 g/mol. The molecule has 9 heteroatoms. The molecule has 0 aliphatic carbocycles. The number of pyridine rings is 1. The number of rotatable bonds is 4. The van der Waals surface area contributed by atoms with Gasteiger partial charge in [-0.25, -0.2) is 14.4 Å². The molecule has 0 amide bonds. The molecule has 0 unspecified atom stereocenters. The van der Waals surface area contributed by atoms with Crippen molar-refractivity contribution in [2.45, 2.75) is 11.6 Å². The summed E-state index contributed by atoms with van der Waals surface area (Å²) in [7, 11) is 0. The molecule has 102 valence electrons. The number of aromatic nitrogens is 3. The molecule has 0 saturated heterocycles. The molecule has 0 atom stereocenters. The summed E-state index contributed by atoms with van der Waals surface area (Å²) in [6.07, 6.45) is 1.89. The van der Waals surface area contributed by atoms with E-state index in [9.17, 15) is 4.39 Å². The fourth-order valence-corrected chi connectivity index (χ4v) is 2.17. The molecule has 0 aromatic carbocycles. The lowest BCUT2D eigenvalue weighted by Gasteiger charge is -2.10. The zero-order chi connectivity index (χ0) is 14.0. The van der Waals surface area contributed by atoms with Gasteiger partial charge in [-0.1, -0.05) is 23.4 Å². The predicted octanol–water partition coefficient (Wildman–Crippen LogP) is 1.33. The Balaban J connectivity index is 2.86. The Bertz CT molecular complexity index is 628. The van der Waals surface area contributed by atoms with Gasteiger partial charge in [0, 0.05) is 13.0 Å². The lowest BCUT2D eigenvalue weighted by Crippen LogP contribution is -2.09. The summed E-state index contributed by atoms with van der Waals surface area (Å²) in [5, 5.41) is 9.21. The van der Waals surface area contributed by atoms with Crippen molar-refractivity contribution in [2.24, 2.45) is 5.90 Å². The molecule has 0 bridgehead atoms. The third-order valence-electron chi connectivity index (χ3n) is 2.41. The van der Waals surface area contributed by atoms with Crippen molar-refractivity contribution in [2.75, 3.05) is 12.9 Å². The number of nitrogens with two attached hydrogens (primary N) is 1. The highest BCUT2D eigenvalue weighted by Gasteiger charge is 2.20. The van der Waals surface area contributed by atoms with Gasteiger partial charge in [-0.05, 0) is 6.26 Å². The third-order valence-corrected chi connectivity index (χ3v) is 3.21. The molecule has 0 saturated carbocycles. The molecule has 0 fully saturated rings. The van der Waals surface area contributed by atoms with E-state index in [1.807, 2.05) is 0 Å². The topological polar surface area (TPSA) is 94.2 Å². The molecule has 2 aromatic rings. The summed E-state index contributed by atoms with van der Waals surface area (Å²) in [6.45, 7) is -0.182. The Kier molecular flexibility index (Phi) is 4.35. The zero-order valence-electron chi connectivity index (χ0n) is 9.85. The fraction of sp³-hybridized carbons (Fsp3) is 0.300. The van der Waals surface area contributed by atoms with Gasteiger partial charge < -0.3 is 9.94 Å². The molecular weight excluding hydrogens is 295 g/mol. The Morgan fingerprint density at radius 2 is 2.16 bits per heavy atom. The maximum Gasteiger partial charge on any atom is 0.251 e. The maximum atomic E-state index is 14.0. The van der Waals surface area contributed by atoms with Crippen LogP contribution in [0.5, 0.6) is 5.88 Å². The number of fused-ring (bicyclic) bond motifs is 1. The van der Waals surface area contributed by atoms with E-state index < -0.39 is 5.82 Å². The molecule has 2 rings (SSSR count). The molecule has 0 aliphatic heterocycles. The molecule has 3 N–H and O–H groups in total. The van der Waals surface area contributed by atoms with E-state index in [0.717, 1.165) is 0 Å². The van der Waals surface area contributed by atoms with Crippen LogP contribution >= 0.6 is 23.4 Å². The van der Waals surface area contributed by atoms with Gasteiger partial charge in [-0.3, -0.25) is 0 Å². The quantitative estimate of drug-likeness (QED) is 0.381. The van der Waals surface area contributed by atoms with Gasteiger partial charge in [0.05, 0.1) is 11.1 Å². The molecule has 19 heavy (non-hydrogen) atoms. The summed E-state index contributed by atoms with van der Waals surface area (Å²) in [4.78, 5) is 16.6. The first kappa shape index (κ1) is 14.2. The number of hydrogen-bond acceptors (Lipinski definition) is 7. The summed E-state index contributed by atoms with van der Waals surface area (Å²) in [6, 6.07) is 0. The van der Waals surface area contributed by atoms with Gasteiger partial charge >= 0.3 is 0 Å².